The summed E-state index contributed by atoms with van der Waals surface area (Å²) in [5.74, 6) is 1.76. The lowest BCUT2D eigenvalue weighted by Gasteiger charge is -2.13. The normalized spacial score (nSPS) is 10.4. The number of nitriles is 1. The number of hydrogen-bond donors (Lipinski definition) is 1. The molecule has 0 fully saturated rings. The first-order chi connectivity index (χ1) is 16.0. The quantitative estimate of drug-likeness (QED) is 0.512. The van der Waals surface area contributed by atoms with Crippen LogP contribution >= 0.6 is 0 Å². The molecular formula is C25H23N3O5. The second kappa shape index (κ2) is 10.7. The van der Waals surface area contributed by atoms with Gasteiger partial charge in [0.25, 0.3) is 5.91 Å². The van der Waals surface area contributed by atoms with Gasteiger partial charge in [0.15, 0.2) is 11.5 Å². The molecule has 0 atom stereocenters. The fourth-order valence-corrected chi connectivity index (χ4v) is 3.11. The molecule has 2 aromatic carbocycles. The average molecular weight is 445 g/mol. The van der Waals surface area contributed by atoms with Crippen LogP contribution in [0.25, 0.3) is 12.2 Å². The molecule has 0 unspecified atom stereocenters. The van der Waals surface area contributed by atoms with Gasteiger partial charge in [0.2, 0.25) is 5.75 Å². The summed E-state index contributed by atoms with van der Waals surface area (Å²) in [7, 11) is 6.20. The van der Waals surface area contributed by atoms with Crippen molar-refractivity contribution in [3.63, 3.8) is 0 Å². The Labute approximate surface area is 192 Å². The van der Waals surface area contributed by atoms with Gasteiger partial charge in [-0.2, -0.15) is 5.26 Å². The maximum Gasteiger partial charge on any atom is 0.257 e. The van der Waals surface area contributed by atoms with Crippen molar-refractivity contribution in [2.45, 2.75) is 0 Å². The molecule has 8 nitrogen and oxygen atoms in total. The highest BCUT2D eigenvalue weighted by atomic mass is 16.5. The van der Waals surface area contributed by atoms with E-state index in [1.165, 1.54) is 19.4 Å². The number of pyridine rings is 1. The molecule has 3 rings (SSSR count). The van der Waals surface area contributed by atoms with Crippen LogP contribution in [0.15, 0.2) is 48.7 Å². The van der Waals surface area contributed by atoms with Crippen LogP contribution in [-0.2, 0) is 0 Å². The number of anilines is 1. The second-order valence-corrected chi connectivity index (χ2v) is 6.75. The van der Waals surface area contributed by atoms with Crippen molar-refractivity contribution in [3.05, 3.63) is 71.0 Å². The van der Waals surface area contributed by atoms with E-state index in [2.05, 4.69) is 10.3 Å². The third kappa shape index (κ3) is 5.40. The van der Waals surface area contributed by atoms with E-state index in [0.717, 1.165) is 11.1 Å². The molecule has 1 N–H and O–H groups in total. The molecule has 0 aliphatic rings. The Hall–Kier alpha value is -4.51. The van der Waals surface area contributed by atoms with E-state index in [4.69, 9.17) is 24.2 Å². The third-order valence-corrected chi connectivity index (χ3v) is 4.77. The monoisotopic (exact) mass is 445 g/mol. The van der Waals surface area contributed by atoms with E-state index in [1.54, 1.807) is 39.5 Å². The minimum Gasteiger partial charge on any atom is -0.495 e. The van der Waals surface area contributed by atoms with Gasteiger partial charge >= 0.3 is 0 Å². The Morgan fingerprint density at radius 2 is 1.55 bits per heavy atom. The van der Waals surface area contributed by atoms with Crippen molar-refractivity contribution in [2.24, 2.45) is 0 Å². The second-order valence-electron chi connectivity index (χ2n) is 6.75. The van der Waals surface area contributed by atoms with Crippen LogP contribution in [0.3, 0.4) is 0 Å². The van der Waals surface area contributed by atoms with Crippen molar-refractivity contribution < 1.29 is 23.7 Å². The Balaban J connectivity index is 1.87. The van der Waals surface area contributed by atoms with Crippen LogP contribution in [0.1, 0.15) is 27.2 Å². The molecule has 0 aliphatic carbocycles. The minimum atomic E-state index is -0.365. The zero-order valence-corrected chi connectivity index (χ0v) is 18.7. The van der Waals surface area contributed by atoms with E-state index >= 15 is 0 Å². The first-order valence-corrected chi connectivity index (χ1v) is 9.86. The van der Waals surface area contributed by atoms with E-state index < -0.39 is 0 Å². The van der Waals surface area contributed by atoms with Crippen molar-refractivity contribution >= 4 is 23.7 Å². The summed E-state index contributed by atoms with van der Waals surface area (Å²) >= 11 is 0. The number of ether oxygens (including phenoxy) is 4. The summed E-state index contributed by atoms with van der Waals surface area (Å²) in [6.45, 7) is 0. The van der Waals surface area contributed by atoms with Gasteiger partial charge in [-0.1, -0.05) is 18.2 Å². The average Bonchev–Trinajstić information content (AvgIpc) is 2.86. The van der Waals surface area contributed by atoms with Gasteiger partial charge in [-0.3, -0.25) is 4.79 Å². The molecule has 0 saturated carbocycles. The van der Waals surface area contributed by atoms with Crippen LogP contribution < -0.4 is 24.3 Å². The van der Waals surface area contributed by atoms with Crippen LogP contribution in [-0.4, -0.2) is 39.3 Å². The first kappa shape index (κ1) is 23.2. The number of carbonyl (C=O) groups is 1. The molecule has 1 amide bonds. The number of carbonyl (C=O) groups excluding carboxylic acids is 1. The number of amides is 1. The predicted octanol–water partition coefficient (Wildman–Crippen LogP) is 4.41. The number of hydrogen-bond acceptors (Lipinski definition) is 7. The van der Waals surface area contributed by atoms with Gasteiger partial charge in [-0.05, 0) is 47.5 Å². The number of methoxy groups -OCH3 is 4. The molecule has 0 aliphatic heterocycles. The largest absolute Gasteiger partial charge is 0.495 e. The van der Waals surface area contributed by atoms with E-state index in [1.807, 2.05) is 36.4 Å². The molecule has 0 radical (unpaired) electrons. The predicted molar refractivity (Wildman–Crippen MR) is 125 cm³/mol. The molecule has 33 heavy (non-hydrogen) atoms. The van der Waals surface area contributed by atoms with E-state index in [-0.39, 0.29) is 11.6 Å². The number of aromatic nitrogens is 1. The molecule has 8 heteroatoms. The number of rotatable bonds is 8. The van der Waals surface area contributed by atoms with Gasteiger partial charge in [0.05, 0.1) is 39.7 Å². The molecule has 0 bridgehead atoms. The summed E-state index contributed by atoms with van der Waals surface area (Å²) in [5.41, 5.74) is 2.74. The molecule has 1 heterocycles. The van der Waals surface area contributed by atoms with Crippen molar-refractivity contribution in [1.29, 1.82) is 5.26 Å². The molecule has 168 valence electrons. The summed E-state index contributed by atoms with van der Waals surface area (Å²) in [5, 5.41) is 11.7. The summed E-state index contributed by atoms with van der Waals surface area (Å²) in [6.07, 6.45) is 5.13. The molecule has 1 aromatic heterocycles. The van der Waals surface area contributed by atoms with Crippen LogP contribution in [0, 0.1) is 11.3 Å². The standard InChI is InChI=1S/C25H23N3O5/c1-30-21-10-7-16(5-6-17-12-22(31-2)24(33-4)23(13-17)32-3)11-20(21)28-25(29)18-8-9-19(14-26)27-15-18/h5-13,15H,1-4H3,(H,28,29). The minimum absolute atomic E-state index is 0.239. The van der Waals surface area contributed by atoms with Crippen LogP contribution in [0.5, 0.6) is 23.0 Å². The van der Waals surface area contributed by atoms with E-state index in [9.17, 15) is 4.79 Å². The van der Waals surface area contributed by atoms with Gasteiger partial charge in [-0.25, -0.2) is 4.98 Å². The Morgan fingerprint density at radius 3 is 2.09 bits per heavy atom. The highest BCUT2D eigenvalue weighted by molar-refractivity contribution is 6.05. The van der Waals surface area contributed by atoms with Gasteiger partial charge in [0, 0.05) is 6.20 Å². The summed E-state index contributed by atoms with van der Waals surface area (Å²) in [4.78, 5) is 16.6. The van der Waals surface area contributed by atoms with Gasteiger partial charge in [-0.15, -0.1) is 0 Å². The number of benzene rings is 2. The Morgan fingerprint density at radius 1 is 0.879 bits per heavy atom. The Bertz CT molecular complexity index is 1190. The van der Waals surface area contributed by atoms with Crippen molar-refractivity contribution in [1.82, 2.24) is 4.98 Å². The number of nitrogens with zero attached hydrogens (tertiary/aromatic N) is 2. The maximum atomic E-state index is 12.6. The van der Waals surface area contributed by atoms with Crippen molar-refractivity contribution in [2.75, 3.05) is 33.8 Å². The lowest BCUT2D eigenvalue weighted by molar-refractivity contribution is 0.102. The molecular weight excluding hydrogens is 422 g/mol. The lowest BCUT2D eigenvalue weighted by Crippen LogP contribution is -2.13. The SMILES string of the molecule is COc1ccc(C=Cc2cc(OC)c(OC)c(OC)c2)cc1NC(=O)c1ccc(C#N)nc1. The molecule has 3 aromatic rings. The van der Waals surface area contributed by atoms with Crippen molar-refractivity contribution in [3.8, 4) is 29.1 Å². The zero-order valence-electron chi connectivity index (χ0n) is 18.7. The van der Waals surface area contributed by atoms with Crippen LogP contribution in [0.2, 0.25) is 0 Å². The number of nitrogens with one attached hydrogen (secondary N) is 1. The highest BCUT2D eigenvalue weighted by Gasteiger charge is 2.13. The fourth-order valence-electron chi connectivity index (χ4n) is 3.11. The lowest BCUT2D eigenvalue weighted by atomic mass is 10.1. The topological polar surface area (TPSA) is 103 Å². The first-order valence-electron chi connectivity index (χ1n) is 9.86. The van der Waals surface area contributed by atoms with E-state index in [0.29, 0.717) is 34.2 Å². The fraction of sp³-hybridized carbons (Fsp3) is 0.160. The maximum absolute atomic E-state index is 12.6. The Kier molecular flexibility index (Phi) is 7.50. The molecule has 0 saturated heterocycles. The zero-order chi connectivity index (χ0) is 23.8. The summed E-state index contributed by atoms with van der Waals surface area (Å²) in [6, 6.07) is 14.1. The molecule has 0 spiro atoms. The van der Waals surface area contributed by atoms with Gasteiger partial charge < -0.3 is 24.3 Å². The smallest absolute Gasteiger partial charge is 0.257 e. The summed E-state index contributed by atoms with van der Waals surface area (Å²) < 4.78 is 21.5. The van der Waals surface area contributed by atoms with Crippen LogP contribution in [0.4, 0.5) is 5.69 Å². The van der Waals surface area contributed by atoms with Gasteiger partial charge in [0.1, 0.15) is 17.5 Å². The third-order valence-electron chi connectivity index (χ3n) is 4.77. The highest BCUT2D eigenvalue weighted by Crippen LogP contribution is 2.38.